The van der Waals surface area contributed by atoms with Crippen LogP contribution in [0.3, 0.4) is 0 Å². The third-order valence-electron chi connectivity index (χ3n) is 10.7. The lowest BCUT2D eigenvalue weighted by Gasteiger charge is -2.26. The summed E-state index contributed by atoms with van der Waals surface area (Å²) in [4.78, 5) is 2.38. The van der Waals surface area contributed by atoms with E-state index in [0.717, 1.165) is 50.2 Å². The van der Waals surface area contributed by atoms with Crippen molar-refractivity contribution in [3.63, 3.8) is 0 Å². The van der Waals surface area contributed by atoms with Crippen LogP contribution in [0.15, 0.2) is 199 Å². The van der Waals surface area contributed by atoms with Crippen LogP contribution in [-0.4, -0.2) is 4.57 Å². The van der Waals surface area contributed by atoms with Gasteiger partial charge < -0.3 is 13.9 Å². The number of hydrogen-bond acceptors (Lipinski definition) is 2. The Morgan fingerprint density at radius 3 is 1.85 bits per heavy atom. The van der Waals surface area contributed by atoms with E-state index in [4.69, 9.17) is 4.42 Å². The minimum atomic E-state index is 0.909. The molecule has 3 heteroatoms. The zero-order valence-corrected chi connectivity index (χ0v) is 28.8. The number of fused-ring (bicyclic) bond motifs is 9. The van der Waals surface area contributed by atoms with Crippen molar-refractivity contribution in [3.8, 4) is 16.8 Å². The van der Waals surface area contributed by atoms with Crippen molar-refractivity contribution >= 4 is 82.4 Å². The first-order chi connectivity index (χ1) is 26.3. The van der Waals surface area contributed by atoms with E-state index >= 15 is 0 Å². The van der Waals surface area contributed by atoms with E-state index in [1.165, 1.54) is 49.0 Å². The molecular weight excluding hydrogens is 645 g/mol. The highest BCUT2D eigenvalue weighted by Gasteiger charge is 2.20. The molecule has 0 bridgehead atoms. The van der Waals surface area contributed by atoms with Crippen LogP contribution in [0.25, 0.3) is 82.1 Å². The van der Waals surface area contributed by atoms with E-state index in [-0.39, 0.29) is 0 Å². The average Bonchev–Trinajstić information content (AvgIpc) is 3.76. The number of nitrogens with zero attached hydrogens (tertiary/aromatic N) is 2. The van der Waals surface area contributed by atoms with E-state index in [2.05, 4.69) is 198 Å². The first kappa shape index (κ1) is 29.6. The largest absolute Gasteiger partial charge is 0.456 e. The summed E-state index contributed by atoms with van der Waals surface area (Å²) in [5.74, 6) is 0. The molecule has 0 radical (unpaired) electrons. The highest BCUT2D eigenvalue weighted by Crippen LogP contribution is 2.43. The van der Waals surface area contributed by atoms with Gasteiger partial charge in [-0.1, -0.05) is 115 Å². The predicted octanol–water partition coefficient (Wildman–Crippen LogP) is 14.1. The van der Waals surface area contributed by atoms with Gasteiger partial charge in [-0.3, -0.25) is 0 Å². The summed E-state index contributed by atoms with van der Waals surface area (Å²) in [6, 6.07) is 69.9. The molecule has 0 saturated heterocycles. The fourth-order valence-electron chi connectivity index (χ4n) is 8.24. The molecule has 0 unspecified atom stereocenters. The fraction of sp³-hybridized carbons (Fsp3) is 0. The van der Waals surface area contributed by atoms with E-state index in [1.807, 2.05) is 6.07 Å². The lowest BCUT2D eigenvalue weighted by atomic mass is 10.0. The predicted molar refractivity (Wildman–Crippen MR) is 223 cm³/mol. The second kappa shape index (κ2) is 11.7. The van der Waals surface area contributed by atoms with Crippen LogP contribution in [0.4, 0.5) is 17.1 Å². The minimum Gasteiger partial charge on any atom is -0.456 e. The highest BCUT2D eigenvalue weighted by molar-refractivity contribution is 6.23. The van der Waals surface area contributed by atoms with Gasteiger partial charge in [-0.15, -0.1) is 0 Å². The van der Waals surface area contributed by atoms with Gasteiger partial charge in [-0.25, -0.2) is 0 Å². The standard InChI is InChI=1S/C50H32N2O/c1-3-11-33(12-4-1)35-19-23-39(24-20-35)51(40-25-21-34-13-7-8-14-36(34)29-40)41-26-27-46-44(31-41)45-32-43-37(30-47(45)52(46)38-15-5-2-6-16-38)22-28-49-50(43)42-17-9-10-18-48(42)53-49/h1-32H. The van der Waals surface area contributed by atoms with Crippen molar-refractivity contribution in [2.75, 3.05) is 4.90 Å². The Kier molecular flexibility index (Phi) is 6.55. The molecule has 2 heterocycles. The van der Waals surface area contributed by atoms with Crippen molar-refractivity contribution in [2.45, 2.75) is 0 Å². The third kappa shape index (κ3) is 4.75. The molecule has 248 valence electrons. The maximum Gasteiger partial charge on any atom is 0.136 e. The maximum atomic E-state index is 6.34. The summed E-state index contributed by atoms with van der Waals surface area (Å²) in [6.07, 6.45) is 0. The van der Waals surface area contributed by atoms with Gasteiger partial charge in [-0.2, -0.15) is 0 Å². The van der Waals surface area contributed by atoms with Crippen LogP contribution in [0, 0.1) is 0 Å². The Labute approximate surface area is 306 Å². The van der Waals surface area contributed by atoms with Crippen molar-refractivity contribution < 1.29 is 4.42 Å². The van der Waals surface area contributed by atoms with E-state index < -0.39 is 0 Å². The Bertz CT molecular complexity index is 3160. The summed E-state index contributed by atoms with van der Waals surface area (Å²) in [6.45, 7) is 0. The molecule has 0 saturated carbocycles. The number of furan rings is 1. The Balaban J connectivity index is 1.18. The van der Waals surface area contributed by atoms with E-state index in [9.17, 15) is 0 Å². The molecule has 0 spiro atoms. The molecule has 0 N–H and O–H groups in total. The molecule has 2 aromatic heterocycles. The Morgan fingerprint density at radius 2 is 1.00 bits per heavy atom. The molecule has 0 fully saturated rings. The second-order valence-electron chi connectivity index (χ2n) is 13.8. The summed E-state index contributed by atoms with van der Waals surface area (Å²) < 4.78 is 8.74. The van der Waals surface area contributed by atoms with Crippen LogP contribution >= 0.6 is 0 Å². The van der Waals surface area contributed by atoms with Crippen molar-refractivity contribution in [3.05, 3.63) is 194 Å². The van der Waals surface area contributed by atoms with Gasteiger partial charge in [0.1, 0.15) is 11.2 Å². The van der Waals surface area contributed by atoms with Gasteiger partial charge in [0.25, 0.3) is 0 Å². The van der Waals surface area contributed by atoms with E-state index in [0.29, 0.717) is 0 Å². The molecule has 11 rings (SSSR count). The first-order valence-electron chi connectivity index (χ1n) is 18.1. The molecule has 0 aliphatic heterocycles. The number of hydrogen-bond donors (Lipinski definition) is 0. The second-order valence-corrected chi connectivity index (χ2v) is 13.8. The number of anilines is 3. The quantitative estimate of drug-likeness (QED) is 0.181. The Morgan fingerprint density at radius 1 is 0.358 bits per heavy atom. The minimum absolute atomic E-state index is 0.909. The molecule has 9 aromatic carbocycles. The highest BCUT2D eigenvalue weighted by atomic mass is 16.3. The lowest BCUT2D eigenvalue weighted by molar-refractivity contribution is 0.669. The fourth-order valence-corrected chi connectivity index (χ4v) is 8.24. The molecule has 0 atom stereocenters. The number of para-hydroxylation sites is 2. The molecule has 0 aliphatic carbocycles. The molecule has 0 amide bonds. The third-order valence-corrected chi connectivity index (χ3v) is 10.7. The van der Waals surface area contributed by atoms with Crippen LogP contribution in [-0.2, 0) is 0 Å². The van der Waals surface area contributed by atoms with Crippen molar-refractivity contribution in [1.82, 2.24) is 4.57 Å². The number of aromatic nitrogens is 1. The van der Waals surface area contributed by atoms with Gasteiger partial charge in [-0.05, 0) is 112 Å². The summed E-state index contributed by atoms with van der Waals surface area (Å²) in [5, 5.41) is 9.51. The van der Waals surface area contributed by atoms with Gasteiger partial charge in [0.05, 0.1) is 11.0 Å². The monoisotopic (exact) mass is 676 g/mol. The van der Waals surface area contributed by atoms with Crippen molar-refractivity contribution in [1.29, 1.82) is 0 Å². The first-order valence-corrected chi connectivity index (χ1v) is 18.1. The molecule has 11 aromatic rings. The zero-order valence-electron chi connectivity index (χ0n) is 28.8. The van der Waals surface area contributed by atoms with Crippen molar-refractivity contribution in [2.24, 2.45) is 0 Å². The topological polar surface area (TPSA) is 21.3 Å². The van der Waals surface area contributed by atoms with Crippen LogP contribution < -0.4 is 4.90 Å². The SMILES string of the molecule is c1ccc(-c2ccc(N(c3ccc4ccccc4c3)c3ccc4c(c3)c3cc5c(ccc6oc7ccccc7c65)cc3n4-c3ccccc3)cc2)cc1. The van der Waals surface area contributed by atoms with Crippen LogP contribution in [0.2, 0.25) is 0 Å². The van der Waals surface area contributed by atoms with Crippen LogP contribution in [0.5, 0.6) is 0 Å². The van der Waals surface area contributed by atoms with Gasteiger partial charge >= 0.3 is 0 Å². The average molecular weight is 677 g/mol. The normalized spacial score (nSPS) is 11.8. The molecular formula is C50H32N2O. The zero-order chi connectivity index (χ0) is 34.9. The van der Waals surface area contributed by atoms with Crippen LogP contribution in [0.1, 0.15) is 0 Å². The van der Waals surface area contributed by atoms with E-state index in [1.54, 1.807) is 0 Å². The molecule has 0 aliphatic rings. The molecule has 53 heavy (non-hydrogen) atoms. The lowest BCUT2D eigenvalue weighted by Crippen LogP contribution is -2.10. The smallest absolute Gasteiger partial charge is 0.136 e. The van der Waals surface area contributed by atoms with Gasteiger partial charge in [0.15, 0.2) is 0 Å². The van der Waals surface area contributed by atoms with Gasteiger partial charge in [0.2, 0.25) is 0 Å². The Hall–Kier alpha value is -7.10. The summed E-state index contributed by atoms with van der Waals surface area (Å²) in [7, 11) is 0. The summed E-state index contributed by atoms with van der Waals surface area (Å²) in [5.41, 5.74) is 11.0. The number of benzene rings is 9. The summed E-state index contributed by atoms with van der Waals surface area (Å²) >= 11 is 0. The van der Waals surface area contributed by atoms with Gasteiger partial charge in [0, 0.05) is 44.3 Å². The molecule has 3 nitrogen and oxygen atoms in total. The maximum absolute atomic E-state index is 6.34. The number of rotatable bonds is 5.